The maximum Gasteiger partial charge on any atom is 0.273 e. The predicted molar refractivity (Wildman–Crippen MR) is 71.3 cm³/mol. The molecule has 2 N–H and O–H groups in total. The van der Waals surface area contributed by atoms with Gasteiger partial charge < -0.3 is 9.73 Å². The number of sulfonamides is 1. The number of hydrogen-bond acceptors (Lipinski definition) is 5. The summed E-state index contributed by atoms with van der Waals surface area (Å²) in [4.78, 5) is 4.02. The highest BCUT2D eigenvalue weighted by molar-refractivity contribution is 7.89. The van der Waals surface area contributed by atoms with Crippen molar-refractivity contribution in [2.45, 2.75) is 18.6 Å². The van der Waals surface area contributed by atoms with Crippen LogP contribution in [0.5, 0.6) is 0 Å². The van der Waals surface area contributed by atoms with E-state index in [4.69, 9.17) is 4.42 Å². The quantitative estimate of drug-likeness (QED) is 0.867. The van der Waals surface area contributed by atoms with Gasteiger partial charge in [0.2, 0.25) is 5.09 Å². The summed E-state index contributed by atoms with van der Waals surface area (Å²) in [6.45, 7) is 2.36. The highest BCUT2D eigenvalue weighted by Gasteiger charge is 2.16. The number of hydrogen-bond donors (Lipinski definition) is 2. The Morgan fingerprint density at radius 2 is 2.11 bits per heavy atom. The van der Waals surface area contributed by atoms with Crippen LogP contribution in [0.3, 0.4) is 0 Å². The molecule has 0 unspecified atom stereocenters. The first-order chi connectivity index (χ1) is 9.03. The molecule has 0 atom stereocenters. The molecule has 0 aromatic carbocycles. The van der Waals surface area contributed by atoms with Gasteiger partial charge in [0.25, 0.3) is 10.0 Å². The van der Waals surface area contributed by atoms with Gasteiger partial charge in [0.1, 0.15) is 5.76 Å². The number of aryl methyl sites for hydroxylation is 1. The average molecular weight is 281 g/mol. The smallest absolute Gasteiger partial charge is 0.273 e. The summed E-state index contributed by atoms with van der Waals surface area (Å²) in [5.74, 6) is 0.539. The third-order valence-electron chi connectivity index (χ3n) is 2.66. The Balaban J connectivity index is 2.08. The van der Waals surface area contributed by atoms with Gasteiger partial charge in [-0.2, -0.15) is 0 Å². The normalized spacial score (nSPS) is 11.5. The maximum absolute atomic E-state index is 11.5. The summed E-state index contributed by atoms with van der Waals surface area (Å²) in [6, 6.07) is 4.95. The van der Waals surface area contributed by atoms with Crippen LogP contribution in [-0.2, 0) is 16.6 Å². The van der Waals surface area contributed by atoms with Crippen molar-refractivity contribution in [3.63, 3.8) is 0 Å². The van der Waals surface area contributed by atoms with Crippen LogP contribution in [-0.4, -0.2) is 20.4 Å². The summed E-state index contributed by atoms with van der Waals surface area (Å²) in [6.07, 6.45) is 3.43. The van der Waals surface area contributed by atoms with E-state index in [-0.39, 0.29) is 5.09 Å². The molecule has 19 heavy (non-hydrogen) atoms. The van der Waals surface area contributed by atoms with Crippen molar-refractivity contribution in [2.24, 2.45) is 0 Å². The molecule has 0 aliphatic heterocycles. The Hall–Kier alpha value is -1.86. The van der Waals surface area contributed by atoms with E-state index in [1.807, 2.05) is 13.0 Å². The first kappa shape index (κ1) is 13.6. The lowest BCUT2D eigenvalue weighted by atomic mass is 10.2. The van der Waals surface area contributed by atoms with Crippen LogP contribution >= 0.6 is 0 Å². The molecule has 2 heterocycles. The Bertz CT molecular complexity index is 664. The predicted octanol–water partition coefficient (Wildman–Crippen LogP) is 1.50. The van der Waals surface area contributed by atoms with Crippen molar-refractivity contribution in [2.75, 3.05) is 12.4 Å². The summed E-state index contributed by atoms with van der Waals surface area (Å²) in [5, 5.41) is 3.05. The molecule has 2 aromatic heterocycles. The second-order valence-corrected chi connectivity index (χ2v) is 5.79. The minimum Gasteiger partial charge on any atom is -0.446 e. The van der Waals surface area contributed by atoms with E-state index in [9.17, 15) is 8.42 Å². The van der Waals surface area contributed by atoms with E-state index in [2.05, 4.69) is 15.0 Å². The minimum atomic E-state index is -3.53. The van der Waals surface area contributed by atoms with Crippen LogP contribution < -0.4 is 10.0 Å². The van der Waals surface area contributed by atoms with Crippen molar-refractivity contribution < 1.29 is 12.8 Å². The number of anilines is 1. The van der Waals surface area contributed by atoms with Gasteiger partial charge in [0.05, 0.1) is 18.4 Å². The van der Waals surface area contributed by atoms with Gasteiger partial charge in [-0.3, -0.25) is 4.98 Å². The van der Waals surface area contributed by atoms with Gasteiger partial charge in [0.15, 0.2) is 0 Å². The molecule has 0 fully saturated rings. The fraction of sp³-hybridized carbons (Fsp3) is 0.250. The molecular formula is C12H15N3O3S. The molecule has 0 spiro atoms. The van der Waals surface area contributed by atoms with Crippen molar-refractivity contribution in [3.8, 4) is 0 Å². The average Bonchev–Trinajstić information content (AvgIpc) is 2.87. The van der Waals surface area contributed by atoms with E-state index in [1.165, 1.54) is 13.1 Å². The molecule has 0 saturated heterocycles. The van der Waals surface area contributed by atoms with Crippen LogP contribution in [0.25, 0.3) is 0 Å². The third-order valence-corrected chi connectivity index (χ3v) is 3.95. The Morgan fingerprint density at radius 1 is 1.32 bits per heavy atom. The number of furan rings is 1. The molecule has 6 nitrogen and oxygen atoms in total. The molecule has 0 saturated carbocycles. The number of nitrogens with zero attached hydrogens (tertiary/aromatic N) is 1. The lowest BCUT2D eigenvalue weighted by Gasteiger charge is -2.06. The summed E-state index contributed by atoms with van der Waals surface area (Å²) in [5.41, 5.74) is 1.95. The Labute approximate surface area is 111 Å². The van der Waals surface area contributed by atoms with Gasteiger partial charge in [-0.15, -0.1) is 0 Å². The second kappa shape index (κ2) is 5.41. The number of aromatic nitrogens is 1. The molecule has 7 heteroatoms. The van der Waals surface area contributed by atoms with Crippen molar-refractivity contribution in [1.29, 1.82) is 0 Å². The zero-order chi connectivity index (χ0) is 13.9. The van der Waals surface area contributed by atoms with Crippen molar-refractivity contribution in [3.05, 3.63) is 41.9 Å². The molecule has 0 bridgehead atoms. The molecule has 0 aliphatic rings. The fourth-order valence-corrected chi connectivity index (χ4v) is 2.19. The highest BCUT2D eigenvalue weighted by atomic mass is 32.2. The topological polar surface area (TPSA) is 84.2 Å². The van der Waals surface area contributed by atoms with Gasteiger partial charge in [-0.25, -0.2) is 13.1 Å². The molecule has 0 radical (unpaired) electrons. The number of rotatable bonds is 5. The van der Waals surface area contributed by atoms with Crippen LogP contribution in [0.2, 0.25) is 0 Å². The van der Waals surface area contributed by atoms with Crippen molar-refractivity contribution >= 4 is 15.7 Å². The monoisotopic (exact) mass is 281 g/mol. The van der Waals surface area contributed by atoms with Crippen LogP contribution in [0.4, 0.5) is 5.69 Å². The Kier molecular flexibility index (Phi) is 3.87. The molecule has 2 aromatic rings. The van der Waals surface area contributed by atoms with Crippen LogP contribution in [0.15, 0.2) is 40.1 Å². The first-order valence-corrected chi connectivity index (χ1v) is 7.18. The molecule has 102 valence electrons. The maximum atomic E-state index is 11.5. The van der Waals surface area contributed by atoms with E-state index in [1.54, 1.807) is 18.5 Å². The minimum absolute atomic E-state index is 0.0882. The SMILES string of the molecule is CNS(=O)(=O)c1ccc(CNc2cnccc2C)o1. The zero-order valence-corrected chi connectivity index (χ0v) is 11.5. The fourth-order valence-electron chi connectivity index (χ4n) is 1.53. The van der Waals surface area contributed by atoms with E-state index in [0.29, 0.717) is 12.3 Å². The highest BCUT2D eigenvalue weighted by Crippen LogP contribution is 2.16. The summed E-state index contributed by atoms with van der Waals surface area (Å²) in [7, 11) is -2.18. The standard InChI is InChI=1S/C12H15N3O3S/c1-9-5-6-14-8-11(9)15-7-10-3-4-12(18-10)19(16,17)13-2/h3-6,8,13,15H,7H2,1-2H3. The summed E-state index contributed by atoms with van der Waals surface area (Å²) < 4.78 is 30.5. The van der Waals surface area contributed by atoms with Gasteiger partial charge in [-0.1, -0.05) is 0 Å². The lowest BCUT2D eigenvalue weighted by molar-refractivity contribution is 0.417. The van der Waals surface area contributed by atoms with E-state index < -0.39 is 10.0 Å². The third kappa shape index (κ3) is 3.12. The zero-order valence-electron chi connectivity index (χ0n) is 10.7. The molecular weight excluding hydrogens is 266 g/mol. The summed E-state index contributed by atoms with van der Waals surface area (Å²) >= 11 is 0. The second-order valence-electron chi connectivity index (χ2n) is 3.97. The lowest BCUT2D eigenvalue weighted by Crippen LogP contribution is -2.17. The van der Waals surface area contributed by atoms with E-state index >= 15 is 0 Å². The van der Waals surface area contributed by atoms with Crippen molar-refractivity contribution in [1.82, 2.24) is 9.71 Å². The van der Waals surface area contributed by atoms with Gasteiger partial charge in [0, 0.05) is 6.20 Å². The first-order valence-electron chi connectivity index (χ1n) is 5.69. The van der Waals surface area contributed by atoms with E-state index in [0.717, 1.165) is 11.3 Å². The Morgan fingerprint density at radius 3 is 2.79 bits per heavy atom. The largest absolute Gasteiger partial charge is 0.446 e. The number of nitrogens with one attached hydrogen (secondary N) is 2. The number of pyridine rings is 1. The van der Waals surface area contributed by atoms with Gasteiger partial charge in [-0.05, 0) is 37.7 Å². The van der Waals surface area contributed by atoms with Gasteiger partial charge >= 0.3 is 0 Å². The van der Waals surface area contributed by atoms with Crippen LogP contribution in [0.1, 0.15) is 11.3 Å². The molecule has 2 rings (SSSR count). The molecule has 0 amide bonds. The molecule has 0 aliphatic carbocycles. The van der Waals surface area contributed by atoms with Crippen LogP contribution in [0, 0.1) is 6.92 Å².